The molecule has 0 heterocycles. The van der Waals surface area contributed by atoms with Gasteiger partial charge in [-0.3, -0.25) is 19.7 Å². The van der Waals surface area contributed by atoms with Crippen LogP contribution in [0.1, 0.15) is 25.0 Å². The highest BCUT2D eigenvalue weighted by atomic mass is 35.5. The maximum atomic E-state index is 13.6. The van der Waals surface area contributed by atoms with Gasteiger partial charge in [-0.2, -0.15) is 0 Å². The molecule has 0 aliphatic carbocycles. The molecule has 0 bridgehead atoms. The minimum absolute atomic E-state index is 0.00568. The van der Waals surface area contributed by atoms with E-state index in [0.717, 1.165) is 5.56 Å². The van der Waals surface area contributed by atoms with Crippen molar-refractivity contribution in [2.45, 2.75) is 38.9 Å². The number of carbonyl (C=O) groups excluding carboxylic acids is 2. The fourth-order valence-corrected chi connectivity index (χ4v) is 4.07. The molecule has 38 heavy (non-hydrogen) atoms. The normalized spacial score (nSPS) is 11.5. The molecule has 0 spiro atoms. The third-order valence-electron chi connectivity index (χ3n) is 5.71. The van der Waals surface area contributed by atoms with Gasteiger partial charge in [0.15, 0.2) is 6.61 Å². The van der Waals surface area contributed by atoms with Crippen molar-refractivity contribution in [2.24, 2.45) is 0 Å². The molecule has 9 nitrogen and oxygen atoms in total. The molecule has 0 aromatic heterocycles. The molecule has 0 saturated heterocycles. The first-order valence-electron chi connectivity index (χ1n) is 12.0. The number of nitro benzene ring substituents is 1. The third-order valence-corrected chi connectivity index (χ3v) is 6.08. The van der Waals surface area contributed by atoms with Crippen LogP contribution < -0.4 is 14.8 Å². The lowest BCUT2D eigenvalue weighted by Crippen LogP contribution is -2.52. The van der Waals surface area contributed by atoms with Crippen LogP contribution in [0, 0.1) is 10.1 Å². The zero-order valence-corrected chi connectivity index (χ0v) is 22.2. The van der Waals surface area contributed by atoms with Crippen LogP contribution in [0.25, 0.3) is 0 Å². The van der Waals surface area contributed by atoms with Crippen molar-refractivity contribution in [1.82, 2.24) is 10.2 Å². The Labute approximate surface area is 226 Å². The Morgan fingerprint density at radius 1 is 1.05 bits per heavy atom. The number of benzene rings is 3. The lowest BCUT2D eigenvalue weighted by molar-refractivity contribution is -0.385. The number of hydrogen-bond donors (Lipinski definition) is 1. The summed E-state index contributed by atoms with van der Waals surface area (Å²) in [5.41, 5.74) is 1.34. The fraction of sp³-hybridized carbons (Fsp3) is 0.286. The number of rotatable bonds is 12. The summed E-state index contributed by atoms with van der Waals surface area (Å²) in [6, 6.07) is 19.5. The first-order chi connectivity index (χ1) is 18.2. The Bertz CT molecular complexity index is 1270. The summed E-state index contributed by atoms with van der Waals surface area (Å²) in [5, 5.41) is 14.6. The van der Waals surface area contributed by atoms with Gasteiger partial charge in [-0.05, 0) is 37.1 Å². The van der Waals surface area contributed by atoms with Crippen molar-refractivity contribution in [3.05, 3.63) is 99.1 Å². The SMILES string of the molecule is COc1cc(OCC(=O)N(Cc2ccccc2Cl)[C@H](Cc2ccccc2)C(=O)NC(C)C)ccc1[N+](=O)[O-]. The smallest absolute Gasteiger partial charge is 0.311 e. The first kappa shape index (κ1) is 28.5. The number of halogens is 1. The Balaban J connectivity index is 1.92. The molecule has 3 aromatic carbocycles. The minimum atomic E-state index is -0.849. The summed E-state index contributed by atoms with van der Waals surface area (Å²) in [6.07, 6.45) is 0.279. The van der Waals surface area contributed by atoms with Gasteiger partial charge < -0.3 is 19.7 Å². The second kappa shape index (κ2) is 13.4. The first-order valence-corrected chi connectivity index (χ1v) is 12.4. The van der Waals surface area contributed by atoms with Crippen molar-refractivity contribution in [2.75, 3.05) is 13.7 Å². The second-order valence-electron chi connectivity index (χ2n) is 8.86. The lowest BCUT2D eigenvalue weighted by atomic mass is 10.0. The lowest BCUT2D eigenvalue weighted by Gasteiger charge is -2.32. The van der Waals surface area contributed by atoms with E-state index in [4.69, 9.17) is 21.1 Å². The van der Waals surface area contributed by atoms with E-state index in [9.17, 15) is 19.7 Å². The molecule has 1 atom stereocenters. The monoisotopic (exact) mass is 539 g/mol. The summed E-state index contributed by atoms with van der Waals surface area (Å²) in [5.74, 6) is -0.542. The van der Waals surface area contributed by atoms with Crippen molar-refractivity contribution in [1.29, 1.82) is 0 Å². The number of amides is 2. The molecule has 1 N–H and O–H groups in total. The molecule has 200 valence electrons. The average molecular weight is 540 g/mol. The van der Waals surface area contributed by atoms with Crippen molar-refractivity contribution in [3.63, 3.8) is 0 Å². The van der Waals surface area contributed by atoms with E-state index in [2.05, 4.69) is 5.32 Å². The number of carbonyl (C=O) groups is 2. The van der Waals surface area contributed by atoms with E-state index in [1.54, 1.807) is 18.2 Å². The van der Waals surface area contributed by atoms with E-state index in [-0.39, 0.29) is 42.1 Å². The second-order valence-corrected chi connectivity index (χ2v) is 9.27. The summed E-state index contributed by atoms with van der Waals surface area (Å²) in [6.45, 7) is 3.37. The molecular weight excluding hydrogens is 510 g/mol. The quantitative estimate of drug-likeness (QED) is 0.261. The summed E-state index contributed by atoms with van der Waals surface area (Å²) >= 11 is 6.41. The van der Waals surface area contributed by atoms with E-state index in [0.29, 0.717) is 10.6 Å². The molecule has 0 aliphatic heterocycles. The van der Waals surface area contributed by atoms with E-state index < -0.39 is 23.5 Å². The average Bonchev–Trinajstić information content (AvgIpc) is 2.90. The molecule has 0 unspecified atom stereocenters. The Morgan fingerprint density at radius 3 is 2.37 bits per heavy atom. The predicted octanol–water partition coefficient (Wildman–Crippen LogP) is 4.80. The summed E-state index contributed by atoms with van der Waals surface area (Å²) in [7, 11) is 1.31. The molecule has 0 fully saturated rings. The van der Waals surface area contributed by atoms with Gasteiger partial charge in [-0.15, -0.1) is 0 Å². The molecule has 3 aromatic rings. The van der Waals surface area contributed by atoms with Gasteiger partial charge >= 0.3 is 5.69 Å². The number of ether oxygens (including phenoxy) is 2. The number of nitrogens with zero attached hydrogens (tertiary/aromatic N) is 2. The van der Waals surface area contributed by atoms with E-state index in [1.165, 1.54) is 30.2 Å². The highest BCUT2D eigenvalue weighted by Gasteiger charge is 2.31. The van der Waals surface area contributed by atoms with Gasteiger partial charge in [-0.25, -0.2) is 0 Å². The van der Waals surface area contributed by atoms with Crippen LogP contribution in [0.5, 0.6) is 11.5 Å². The standard InChI is InChI=1S/C28H30ClN3O6/c1-19(2)30-28(34)25(15-20-9-5-4-6-10-20)31(17-21-11-7-8-12-23(21)29)27(33)18-38-22-13-14-24(32(35)36)26(16-22)37-3/h4-14,16,19,25H,15,17-18H2,1-3H3,(H,30,34)/t25-/m1/s1. The minimum Gasteiger partial charge on any atom is -0.490 e. The van der Waals surface area contributed by atoms with Crippen LogP contribution in [-0.2, 0) is 22.6 Å². The topological polar surface area (TPSA) is 111 Å². The van der Waals surface area contributed by atoms with E-state index >= 15 is 0 Å². The number of nitrogens with one attached hydrogen (secondary N) is 1. The highest BCUT2D eigenvalue weighted by molar-refractivity contribution is 6.31. The maximum Gasteiger partial charge on any atom is 0.311 e. The number of nitro groups is 1. The highest BCUT2D eigenvalue weighted by Crippen LogP contribution is 2.31. The Hall–Kier alpha value is -4.11. The molecule has 0 aliphatic rings. The van der Waals surface area contributed by atoms with Crippen LogP contribution in [0.15, 0.2) is 72.8 Å². The molecular formula is C28H30ClN3O6. The van der Waals surface area contributed by atoms with Crippen LogP contribution in [0.2, 0.25) is 5.02 Å². The van der Waals surface area contributed by atoms with Crippen molar-refractivity contribution >= 4 is 29.1 Å². The molecule has 0 radical (unpaired) electrons. The fourth-order valence-electron chi connectivity index (χ4n) is 3.87. The van der Waals surface area contributed by atoms with Crippen LogP contribution >= 0.6 is 11.6 Å². The van der Waals surface area contributed by atoms with Gasteiger partial charge in [0.25, 0.3) is 5.91 Å². The van der Waals surface area contributed by atoms with Crippen molar-refractivity contribution in [3.8, 4) is 11.5 Å². The summed E-state index contributed by atoms with van der Waals surface area (Å²) < 4.78 is 10.8. The van der Waals surface area contributed by atoms with Gasteiger partial charge in [-0.1, -0.05) is 60.1 Å². The number of hydrogen-bond acceptors (Lipinski definition) is 6. The largest absolute Gasteiger partial charge is 0.490 e. The Morgan fingerprint density at radius 2 is 1.74 bits per heavy atom. The molecule has 2 amide bonds. The molecule has 0 saturated carbocycles. The predicted molar refractivity (Wildman–Crippen MR) is 144 cm³/mol. The third kappa shape index (κ3) is 7.69. The van der Waals surface area contributed by atoms with Crippen LogP contribution in [0.4, 0.5) is 5.69 Å². The Kier molecular flexibility index (Phi) is 10.1. The summed E-state index contributed by atoms with van der Waals surface area (Å²) in [4.78, 5) is 39.1. The van der Waals surface area contributed by atoms with Crippen LogP contribution in [-0.4, -0.2) is 47.4 Å². The zero-order chi connectivity index (χ0) is 27.7. The van der Waals surface area contributed by atoms with Gasteiger partial charge in [0.05, 0.1) is 12.0 Å². The molecule has 3 rings (SSSR count). The number of methoxy groups -OCH3 is 1. The van der Waals surface area contributed by atoms with Gasteiger partial charge in [0.2, 0.25) is 11.7 Å². The zero-order valence-electron chi connectivity index (χ0n) is 21.4. The van der Waals surface area contributed by atoms with Crippen LogP contribution in [0.3, 0.4) is 0 Å². The van der Waals surface area contributed by atoms with E-state index in [1.807, 2.05) is 50.2 Å². The van der Waals surface area contributed by atoms with Gasteiger partial charge in [0, 0.05) is 36.2 Å². The maximum absolute atomic E-state index is 13.6. The molecule has 10 heteroatoms. The van der Waals surface area contributed by atoms with Gasteiger partial charge in [0.1, 0.15) is 11.8 Å². The van der Waals surface area contributed by atoms with Crippen molar-refractivity contribution < 1.29 is 24.0 Å².